The van der Waals surface area contributed by atoms with Crippen molar-refractivity contribution in [3.8, 4) is 0 Å². The van der Waals surface area contributed by atoms with Crippen LogP contribution in [0.4, 0.5) is 0 Å². The topological polar surface area (TPSA) is 193 Å². The van der Waals surface area contributed by atoms with Gasteiger partial charge in [0.25, 0.3) is 0 Å². The molecule has 10 unspecified atom stereocenters. The van der Waals surface area contributed by atoms with Crippen LogP contribution in [0.1, 0.15) is 51.0 Å². The number of carbonyl (C=O) groups excluding carboxylic acids is 1. The van der Waals surface area contributed by atoms with Gasteiger partial charge in [-0.1, -0.05) is 19.9 Å². The largest absolute Gasteiger partial charge is 0.451 e. The second-order valence-corrected chi connectivity index (χ2v) is 11.9. The zero-order valence-electron chi connectivity index (χ0n) is 20.5. The summed E-state index contributed by atoms with van der Waals surface area (Å²) in [5.74, 6) is -4.25. The molecule has 1 aromatic rings. The van der Waals surface area contributed by atoms with Crippen LogP contribution in [0.2, 0.25) is 0 Å². The third kappa shape index (κ3) is 1.74. The first-order valence-electron chi connectivity index (χ1n) is 12.2. The summed E-state index contributed by atoms with van der Waals surface area (Å²) < 4.78 is 11.9. The van der Waals surface area contributed by atoms with Crippen molar-refractivity contribution in [2.45, 2.75) is 86.5 Å². The Kier molecular flexibility index (Phi) is 4.25. The molecule has 5 fully saturated rings. The van der Waals surface area contributed by atoms with Crippen molar-refractivity contribution in [2.24, 2.45) is 16.7 Å². The first-order valence-corrected chi connectivity index (χ1v) is 12.2. The van der Waals surface area contributed by atoms with Crippen LogP contribution in [0.5, 0.6) is 0 Å². The van der Waals surface area contributed by atoms with Crippen molar-refractivity contribution in [2.75, 3.05) is 6.61 Å². The predicted molar refractivity (Wildman–Crippen MR) is 120 cm³/mol. The molecule has 4 aliphatic carbocycles. The number of nitrogens with one attached hydrogen (secondary N) is 1. The molecule has 36 heavy (non-hydrogen) atoms. The van der Waals surface area contributed by atoms with Gasteiger partial charge in [0.2, 0.25) is 0 Å². The third-order valence-corrected chi connectivity index (χ3v) is 10.9. The maximum Gasteiger partial charge on any atom is 0.355 e. The maximum atomic E-state index is 13.2. The Morgan fingerprint density at radius 2 is 1.92 bits per heavy atom. The van der Waals surface area contributed by atoms with Crippen molar-refractivity contribution >= 4 is 5.97 Å². The van der Waals surface area contributed by atoms with Gasteiger partial charge in [0, 0.05) is 12.6 Å². The highest BCUT2D eigenvalue weighted by Crippen LogP contribution is 2.90. The van der Waals surface area contributed by atoms with Crippen LogP contribution in [0.3, 0.4) is 0 Å². The number of hydrogen-bond donors (Lipinski definition) is 8. The Bertz CT molecular complexity index is 1200. The smallest absolute Gasteiger partial charge is 0.355 e. The molecule has 0 aromatic carbocycles. The summed E-state index contributed by atoms with van der Waals surface area (Å²) in [5, 5.41) is 84.7. The molecule has 1 aromatic heterocycles. The van der Waals surface area contributed by atoms with E-state index in [2.05, 4.69) is 4.98 Å². The van der Waals surface area contributed by atoms with E-state index in [-0.39, 0.29) is 12.1 Å². The SMILES string of the molecule is CC1=CCC2(O)C3(CO)CC4(O)OC2(C1O)C1(O)C3(O)C(OC(=O)c2ccc[nH]2)C(O)(C(C)C)C41C. The Balaban J connectivity index is 1.72. The Labute approximate surface area is 207 Å². The molecule has 3 heterocycles. The Morgan fingerprint density at radius 3 is 2.47 bits per heavy atom. The van der Waals surface area contributed by atoms with Gasteiger partial charge in [0.05, 0.1) is 17.4 Å². The molecule has 7 rings (SSSR count). The summed E-state index contributed by atoms with van der Waals surface area (Å²) in [6, 6.07) is 2.97. The Hall–Kier alpha value is -1.83. The summed E-state index contributed by atoms with van der Waals surface area (Å²) in [4.78, 5) is 15.9. The molecular weight excluding hydrogens is 474 g/mol. The number of carbonyl (C=O) groups is 1. The van der Waals surface area contributed by atoms with E-state index >= 15 is 0 Å². The lowest BCUT2D eigenvalue weighted by molar-refractivity contribution is -0.386. The zero-order chi connectivity index (χ0) is 26.5. The lowest BCUT2D eigenvalue weighted by Crippen LogP contribution is -2.74. The molecule has 6 aliphatic rings. The van der Waals surface area contributed by atoms with Crippen LogP contribution >= 0.6 is 0 Å². The number of hydrogen-bond acceptors (Lipinski definition) is 10. The lowest BCUT2D eigenvalue weighted by Gasteiger charge is -2.60. The van der Waals surface area contributed by atoms with Crippen molar-refractivity contribution in [1.29, 1.82) is 0 Å². The molecule has 198 valence electrons. The summed E-state index contributed by atoms with van der Waals surface area (Å²) in [6.45, 7) is 5.02. The molecule has 11 heteroatoms. The van der Waals surface area contributed by atoms with E-state index in [0.29, 0.717) is 5.57 Å². The van der Waals surface area contributed by atoms with E-state index in [0.717, 1.165) is 0 Å². The quantitative estimate of drug-likeness (QED) is 0.179. The van der Waals surface area contributed by atoms with E-state index in [1.807, 2.05) is 0 Å². The number of H-pyrrole nitrogens is 1. The zero-order valence-corrected chi connectivity index (χ0v) is 20.5. The van der Waals surface area contributed by atoms with Crippen molar-refractivity contribution < 1.29 is 50.0 Å². The molecule has 3 saturated carbocycles. The first-order chi connectivity index (χ1) is 16.6. The standard InChI is InChI=1S/C25H33NO10/c1-12(2)22(32)17(35-16(29)14-6-5-9-26-14)23(33)19(11-27)10-21(31)18(22,4)25(23,34)24(36-21)15(28)13(3)7-8-20(19,24)30/h5-7,9,12,15,17,26-28,30-34H,8,10-11H2,1-4H3. The van der Waals surface area contributed by atoms with Crippen LogP contribution in [0.15, 0.2) is 30.0 Å². The summed E-state index contributed by atoms with van der Waals surface area (Å²) in [7, 11) is 0. The summed E-state index contributed by atoms with van der Waals surface area (Å²) in [5.41, 5.74) is -16.7. The van der Waals surface area contributed by atoms with E-state index in [1.54, 1.807) is 26.8 Å². The van der Waals surface area contributed by atoms with Crippen LogP contribution in [0.25, 0.3) is 0 Å². The molecule has 2 aliphatic heterocycles. The van der Waals surface area contributed by atoms with Gasteiger partial charge >= 0.3 is 5.97 Å². The normalized spacial score (nSPS) is 56.3. The van der Waals surface area contributed by atoms with Gasteiger partial charge in [0.1, 0.15) is 34.2 Å². The molecule has 0 radical (unpaired) electrons. The van der Waals surface area contributed by atoms with E-state index in [9.17, 15) is 40.5 Å². The number of aromatic amines is 1. The second-order valence-electron chi connectivity index (χ2n) is 11.9. The number of ether oxygens (including phenoxy) is 2. The number of aliphatic hydroxyl groups is 7. The average Bonchev–Trinajstić information content (AvgIpc) is 3.45. The first kappa shape index (κ1) is 24.5. The lowest BCUT2D eigenvalue weighted by atomic mass is 9.52. The maximum absolute atomic E-state index is 13.2. The van der Waals surface area contributed by atoms with Gasteiger partial charge < -0.3 is 50.2 Å². The number of aromatic nitrogens is 1. The van der Waals surface area contributed by atoms with Gasteiger partial charge in [-0.15, -0.1) is 0 Å². The van der Waals surface area contributed by atoms with Gasteiger partial charge in [-0.2, -0.15) is 0 Å². The van der Waals surface area contributed by atoms with Crippen LogP contribution in [-0.2, 0) is 9.47 Å². The minimum absolute atomic E-state index is 0.000602. The monoisotopic (exact) mass is 507 g/mol. The second kappa shape index (κ2) is 6.24. The number of rotatable bonds is 4. The van der Waals surface area contributed by atoms with Gasteiger partial charge in [-0.05, 0) is 43.9 Å². The molecule has 8 N–H and O–H groups in total. The predicted octanol–water partition coefficient (Wildman–Crippen LogP) is -1.30. The highest BCUT2D eigenvalue weighted by molar-refractivity contribution is 5.87. The van der Waals surface area contributed by atoms with Crippen molar-refractivity contribution in [3.63, 3.8) is 0 Å². The highest BCUT2D eigenvalue weighted by atomic mass is 16.7. The average molecular weight is 508 g/mol. The van der Waals surface area contributed by atoms with Crippen LogP contribution in [0, 0.1) is 16.7 Å². The van der Waals surface area contributed by atoms with Crippen LogP contribution < -0.4 is 0 Å². The summed E-state index contributed by atoms with van der Waals surface area (Å²) >= 11 is 0. The molecule has 11 nitrogen and oxygen atoms in total. The number of esters is 1. The van der Waals surface area contributed by atoms with Gasteiger partial charge in [0.15, 0.2) is 17.5 Å². The van der Waals surface area contributed by atoms with Gasteiger partial charge in [-0.3, -0.25) is 0 Å². The van der Waals surface area contributed by atoms with E-state index < -0.39 is 81.7 Å². The van der Waals surface area contributed by atoms with Gasteiger partial charge in [-0.25, -0.2) is 4.79 Å². The molecule has 6 bridgehead atoms. The highest BCUT2D eigenvalue weighted by Gasteiger charge is 3.10. The van der Waals surface area contributed by atoms with E-state index in [4.69, 9.17) is 9.47 Å². The van der Waals surface area contributed by atoms with Crippen molar-refractivity contribution in [1.82, 2.24) is 4.98 Å². The molecule has 2 saturated heterocycles. The molecule has 10 atom stereocenters. The summed E-state index contributed by atoms with van der Waals surface area (Å²) in [6.07, 6.45) is -1.52. The number of aliphatic hydroxyl groups excluding tert-OH is 2. The molecule has 0 amide bonds. The fourth-order valence-corrected chi connectivity index (χ4v) is 9.25. The van der Waals surface area contributed by atoms with Crippen LogP contribution in [-0.4, -0.2) is 99.3 Å². The third-order valence-electron chi connectivity index (χ3n) is 10.9. The minimum atomic E-state index is -2.79. The molecular formula is C25H33NO10. The van der Waals surface area contributed by atoms with E-state index in [1.165, 1.54) is 25.3 Å². The molecule has 1 spiro atoms. The Morgan fingerprint density at radius 1 is 1.25 bits per heavy atom. The minimum Gasteiger partial charge on any atom is -0.451 e. The fourth-order valence-electron chi connectivity index (χ4n) is 9.25. The van der Waals surface area contributed by atoms with Crippen molar-refractivity contribution in [3.05, 3.63) is 35.7 Å². The fraction of sp³-hybridized carbons (Fsp3) is 0.720.